The zero-order valence-electron chi connectivity index (χ0n) is 15.7. The number of anilines is 3. The van der Waals surface area contributed by atoms with Gasteiger partial charge in [-0.3, -0.25) is 0 Å². The van der Waals surface area contributed by atoms with Gasteiger partial charge in [0.25, 0.3) is 0 Å². The standard InChI is InChI=1S/C20H26N4O2/c1-14-5-4-6-15(2)18(14)22-17-13-16(3)21-19(23-17)24-9-7-20(8-10-24)25-11-12-26-20/h4-6,13H,7-12H2,1-3H3,(H,21,22,23). The summed E-state index contributed by atoms with van der Waals surface area (Å²) < 4.78 is 11.6. The van der Waals surface area contributed by atoms with Crippen molar-refractivity contribution in [3.8, 4) is 0 Å². The summed E-state index contributed by atoms with van der Waals surface area (Å²) in [5.74, 6) is 1.23. The molecule has 0 atom stereocenters. The van der Waals surface area contributed by atoms with E-state index in [1.807, 2.05) is 13.0 Å². The molecule has 0 amide bonds. The first-order chi connectivity index (χ1) is 12.5. The molecular formula is C20H26N4O2. The minimum absolute atomic E-state index is 0.375. The minimum atomic E-state index is -0.375. The molecule has 0 saturated carbocycles. The van der Waals surface area contributed by atoms with Crippen LogP contribution < -0.4 is 10.2 Å². The molecule has 0 aliphatic carbocycles. The Bertz CT molecular complexity index is 772. The Kier molecular flexibility index (Phi) is 4.54. The van der Waals surface area contributed by atoms with Crippen LogP contribution in [0.25, 0.3) is 0 Å². The van der Waals surface area contributed by atoms with Crippen molar-refractivity contribution in [1.29, 1.82) is 0 Å². The molecule has 6 nitrogen and oxygen atoms in total. The van der Waals surface area contributed by atoms with Crippen molar-refractivity contribution in [2.45, 2.75) is 39.4 Å². The average Bonchev–Trinajstić information content (AvgIpc) is 3.06. The molecular weight excluding hydrogens is 328 g/mol. The molecule has 1 spiro atoms. The average molecular weight is 354 g/mol. The van der Waals surface area contributed by atoms with E-state index in [1.165, 1.54) is 11.1 Å². The number of hydrogen-bond acceptors (Lipinski definition) is 6. The Balaban J connectivity index is 1.53. The van der Waals surface area contributed by atoms with Gasteiger partial charge in [-0.2, -0.15) is 4.98 Å². The predicted molar refractivity (Wildman–Crippen MR) is 102 cm³/mol. The third kappa shape index (κ3) is 3.39. The van der Waals surface area contributed by atoms with Gasteiger partial charge in [0.2, 0.25) is 5.95 Å². The number of ether oxygens (including phenoxy) is 2. The summed E-state index contributed by atoms with van der Waals surface area (Å²) in [5, 5.41) is 3.48. The summed E-state index contributed by atoms with van der Waals surface area (Å²) in [6, 6.07) is 8.28. The first-order valence-corrected chi connectivity index (χ1v) is 9.26. The van der Waals surface area contributed by atoms with Crippen LogP contribution in [-0.2, 0) is 9.47 Å². The van der Waals surface area contributed by atoms with E-state index in [4.69, 9.17) is 14.5 Å². The van der Waals surface area contributed by atoms with E-state index in [0.29, 0.717) is 13.2 Å². The number of nitrogens with one attached hydrogen (secondary N) is 1. The maximum absolute atomic E-state index is 5.82. The molecule has 2 saturated heterocycles. The monoisotopic (exact) mass is 354 g/mol. The quantitative estimate of drug-likeness (QED) is 0.910. The predicted octanol–water partition coefficient (Wildman–Crippen LogP) is 3.49. The number of benzene rings is 1. The van der Waals surface area contributed by atoms with E-state index in [9.17, 15) is 0 Å². The number of piperidine rings is 1. The Morgan fingerprint density at radius 3 is 2.31 bits per heavy atom. The highest BCUT2D eigenvalue weighted by molar-refractivity contribution is 5.65. The van der Waals surface area contributed by atoms with E-state index < -0.39 is 0 Å². The van der Waals surface area contributed by atoms with Crippen LogP contribution in [-0.4, -0.2) is 42.1 Å². The largest absolute Gasteiger partial charge is 0.347 e. The van der Waals surface area contributed by atoms with Crippen LogP contribution in [0, 0.1) is 20.8 Å². The van der Waals surface area contributed by atoms with E-state index in [-0.39, 0.29) is 5.79 Å². The molecule has 0 unspecified atom stereocenters. The lowest BCUT2D eigenvalue weighted by atomic mass is 10.0. The number of nitrogens with zero attached hydrogens (tertiary/aromatic N) is 3. The molecule has 2 fully saturated rings. The van der Waals surface area contributed by atoms with Gasteiger partial charge in [-0.1, -0.05) is 18.2 Å². The Labute approximate surface area is 154 Å². The van der Waals surface area contributed by atoms with Crippen LogP contribution >= 0.6 is 0 Å². The second-order valence-corrected chi connectivity index (χ2v) is 7.18. The topological polar surface area (TPSA) is 59.5 Å². The highest BCUT2D eigenvalue weighted by atomic mass is 16.7. The highest BCUT2D eigenvalue weighted by Gasteiger charge is 2.40. The number of aryl methyl sites for hydroxylation is 3. The van der Waals surface area contributed by atoms with Crippen LogP contribution in [0.4, 0.5) is 17.5 Å². The van der Waals surface area contributed by atoms with Crippen molar-refractivity contribution in [1.82, 2.24) is 9.97 Å². The summed E-state index contributed by atoms with van der Waals surface area (Å²) in [5.41, 5.74) is 4.48. The van der Waals surface area contributed by atoms with E-state index in [1.54, 1.807) is 0 Å². The van der Waals surface area contributed by atoms with Gasteiger partial charge in [-0.15, -0.1) is 0 Å². The lowest BCUT2D eigenvalue weighted by Crippen LogP contribution is -2.45. The maximum atomic E-state index is 5.82. The maximum Gasteiger partial charge on any atom is 0.227 e. The van der Waals surface area contributed by atoms with Crippen molar-refractivity contribution < 1.29 is 9.47 Å². The summed E-state index contributed by atoms with van der Waals surface area (Å²) >= 11 is 0. The van der Waals surface area contributed by atoms with Crippen LogP contribution in [0.2, 0.25) is 0 Å². The molecule has 4 rings (SSSR count). The van der Waals surface area contributed by atoms with Gasteiger partial charge in [0.05, 0.1) is 13.2 Å². The molecule has 2 aliphatic heterocycles. The van der Waals surface area contributed by atoms with E-state index in [2.05, 4.69) is 47.2 Å². The molecule has 2 aromatic rings. The van der Waals surface area contributed by atoms with Crippen molar-refractivity contribution in [2.24, 2.45) is 0 Å². The van der Waals surface area contributed by atoms with Gasteiger partial charge < -0.3 is 19.7 Å². The third-order valence-electron chi connectivity index (χ3n) is 5.20. The SMILES string of the molecule is Cc1cc(Nc2c(C)cccc2C)nc(N2CCC3(CC2)OCCO3)n1. The van der Waals surface area contributed by atoms with Crippen molar-refractivity contribution in [3.05, 3.63) is 41.1 Å². The Hall–Kier alpha value is -2.18. The summed E-state index contributed by atoms with van der Waals surface area (Å²) in [6.45, 7) is 9.30. The van der Waals surface area contributed by atoms with Crippen LogP contribution in [0.3, 0.4) is 0 Å². The van der Waals surface area contributed by atoms with Crippen molar-refractivity contribution in [3.63, 3.8) is 0 Å². The van der Waals surface area contributed by atoms with Crippen LogP contribution in [0.15, 0.2) is 24.3 Å². The second-order valence-electron chi connectivity index (χ2n) is 7.18. The van der Waals surface area contributed by atoms with Gasteiger partial charge in [-0.05, 0) is 31.9 Å². The normalized spacial score (nSPS) is 19.1. The molecule has 138 valence electrons. The molecule has 1 aromatic heterocycles. The number of aromatic nitrogens is 2. The zero-order valence-corrected chi connectivity index (χ0v) is 15.7. The summed E-state index contributed by atoms with van der Waals surface area (Å²) in [6.07, 6.45) is 1.70. The van der Waals surface area contributed by atoms with Gasteiger partial charge in [0.15, 0.2) is 5.79 Å². The van der Waals surface area contributed by atoms with Crippen LogP contribution in [0.1, 0.15) is 29.7 Å². The first-order valence-electron chi connectivity index (χ1n) is 9.26. The zero-order chi connectivity index (χ0) is 18.1. The minimum Gasteiger partial charge on any atom is -0.347 e. The fraction of sp³-hybridized carbons (Fsp3) is 0.500. The summed E-state index contributed by atoms with van der Waals surface area (Å²) in [7, 11) is 0. The smallest absolute Gasteiger partial charge is 0.227 e. The van der Waals surface area contributed by atoms with E-state index in [0.717, 1.165) is 49.1 Å². The van der Waals surface area contributed by atoms with Crippen molar-refractivity contribution >= 4 is 17.5 Å². The van der Waals surface area contributed by atoms with Crippen molar-refractivity contribution in [2.75, 3.05) is 36.5 Å². The lowest BCUT2D eigenvalue weighted by molar-refractivity contribution is -0.169. The molecule has 3 heterocycles. The van der Waals surface area contributed by atoms with Gasteiger partial charge in [-0.25, -0.2) is 4.98 Å². The highest BCUT2D eigenvalue weighted by Crippen LogP contribution is 2.33. The summed E-state index contributed by atoms with van der Waals surface area (Å²) in [4.78, 5) is 11.6. The van der Waals surface area contributed by atoms with Gasteiger partial charge in [0.1, 0.15) is 5.82 Å². The molecule has 6 heteroatoms. The second kappa shape index (κ2) is 6.85. The number of hydrogen-bond donors (Lipinski definition) is 1. The third-order valence-corrected chi connectivity index (χ3v) is 5.20. The Morgan fingerprint density at radius 2 is 1.65 bits per heavy atom. The molecule has 1 aromatic carbocycles. The Morgan fingerprint density at radius 1 is 1.00 bits per heavy atom. The molecule has 0 bridgehead atoms. The molecule has 26 heavy (non-hydrogen) atoms. The van der Waals surface area contributed by atoms with Gasteiger partial charge >= 0.3 is 0 Å². The molecule has 2 aliphatic rings. The number of para-hydroxylation sites is 1. The fourth-order valence-corrected chi connectivity index (χ4v) is 3.73. The first kappa shape index (κ1) is 17.2. The number of rotatable bonds is 3. The molecule has 0 radical (unpaired) electrons. The fourth-order valence-electron chi connectivity index (χ4n) is 3.73. The molecule has 1 N–H and O–H groups in total. The lowest BCUT2D eigenvalue weighted by Gasteiger charge is -2.37. The van der Waals surface area contributed by atoms with E-state index >= 15 is 0 Å². The van der Waals surface area contributed by atoms with Gasteiger partial charge in [0, 0.05) is 43.4 Å². The van der Waals surface area contributed by atoms with Crippen LogP contribution in [0.5, 0.6) is 0 Å².